The molecule has 1 aliphatic heterocycles. The van der Waals surface area contributed by atoms with Crippen LogP contribution in [0.5, 0.6) is 0 Å². The zero-order valence-corrected chi connectivity index (χ0v) is 17.3. The summed E-state index contributed by atoms with van der Waals surface area (Å²) in [4.78, 5) is 13.0. The topological polar surface area (TPSA) is 66.5 Å². The molecule has 1 N–H and O–H groups in total. The molecule has 0 spiro atoms. The Kier molecular flexibility index (Phi) is 6.52. The maximum Gasteiger partial charge on any atom is 0.251 e. The van der Waals surface area contributed by atoms with Gasteiger partial charge in [0.25, 0.3) is 5.91 Å². The van der Waals surface area contributed by atoms with Crippen LogP contribution in [0.1, 0.15) is 60.1 Å². The molecular formula is C22H28N2O3S. The van der Waals surface area contributed by atoms with Gasteiger partial charge in [-0.15, -0.1) is 0 Å². The van der Waals surface area contributed by atoms with Gasteiger partial charge in [0.15, 0.2) is 0 Å². The van der Waals surface area contributed by atoms with Gasteiger partial charge in [-0.2, -0.15) is 4.31 Å². The molecule has 1 heterocycles. The molecule has 1 atom stereocenters. The third kappa shape index (κ3) is 4.62. The Morgan fingerprint density at radius 3 is 2.39 bits per heavy atom. The van der Waals surface area contributed by atoms with Crippen LogP contribution >= 0.6 is 0 Å². The monoisotopic (exact) mass is 400 g/mol. The molecule has 28 heavy (non-hydrogen) atoms. The second-order valence-electron chi connectivity index (χ2n) is 7.34. The highest BCUT2D eigenvalue weighted by atomic mass is 32.2. The fourth-order valence-corrected chi connectivity index (χ4v) is 5.08. The summed E-state index contributed by atoms with van der Waals surface area (Å²) in [5.41, 5.74) is 2.57. The van der Waals surface area contributed by atoms with E-state index in [1.165, 1.54) is 15.9 Å². The second-order valence-corrected chi connectivity index (χ2v) is 9.28. The van der Waals surface area contributed by atoms with Gasteiger partial charge in [0.05, 0.1) is 10.9 Å². The Hall–Kier alpha value is -2.18. The van der Waals surface area contributed by atoms with Gasteiger partial charge in [-0.05, 0) is 49.9 Å². The summed E-state index contributed by atoms with van der Waals surface area (Å²) in [6.07, 6.45) is 3.58. The molecule has 0 unspecified atom stereocenters. The molecule has 1 saturated heterocycles. The minimum atomic E-state index is -3.56. The lowest BCUT2D eigenvalue weighted by Crippen LogP contribution is -2.35. The summed E-state index contributed by atoms with van der Waals surface area (Å²) in [5.74, 6) is -0.261. The lowest BCUT2D eigenvalue weighted by molar-refractivity contribution is 0.0935. The van der Waals surface area contributed by atoms with Gasteiger partial charge in [-0.1, -0.05) is 49.2 Å². The van der Waals surface area contributed by atoms with Crippen molar-refractivity contribution in [1.82, 2.24) is 9.62 Å². The Morgan fingerprint density at radius 2 is 1.75 bits per heavy atom. The van der Waals surface area contributed by atoms with Crippen molar-refractivity contribution in [3.8, 4) is 0 Å². The number of hydrogen-bond donors (Lipinski definition) is 1. The van der Waals surface area contributed by atoms with Crippen LogP contribution in [0, 0.1) is 6.92 Å². The van der Waals surface area contributed by atoms with E-state index < -0.39 is 10.0 Å². The minimum Gasteiger partial charge on any atom is -0.345 e. The Bertz CT molecular complexity index is 917. The fraction of sp³-hybridized carbons (Fsp3) is 0.409. The first-order valence-electron chi connectivity index (χ1n) is 9.89. The Balaban J connectivity index is 1.78. The third-order valence-electron chi connectivity index (χ3n) is 5.24. The van der Waals surface area contributed by atoms with Crippen LogP contribution in [0.2, 0.25) is 0 Å². The van der Waals surface area contributed by atoms with Crippen molar-refractivity contribution < 1.29 is 13.2 Å². The van der Waals surface area contributed by atoms with Crippen molar-refractivity contribution in [3.63, 3.8) is 0 Å². The first kappa shape index (κ1) is 20.6. The zero-order chi connectivity index (χ0) is 20.1. The van der Waals surface area contributed by atoms with E-state index in [4.69, 9.17) is 0 Å². The number of carbonyl (C=O) groups is 1. The van der Waals surface area contributed by atoms with Gasteiger partial charge in [0.1, 0.15) is 0 Å². The van der Waals surface area contributed by atoms with Crippen LogP contribution in [-0.4, -0.2) is 31.7 Å². The Morgan fingerprint density at radius 1 is 1.07 bits per heavy atom. The van der Waals surface area contributed by atoms with E-state index in [1.807, 2.05) is 38.1 Å². The number of amides is 1. The van der Waals surface area contributed by atoms with E-state index in [0.717, 1.165) is 31.2 Å². The minimum absolute atomic E-state index is 0.115. The standard InChI is InChI=1S/C22H28N2O3S/c1-3-21(18-12-10-17(2)11-13-18)23-22(25)19-8-7-9-20(16-19)28(26,27)24-14-5-4-6-15-24/h7-13,16,21H,3-6,14-15H2,1-2H3,(H,23,25)/t21-/m1/s1. The number of hydrogen-bond acceptors (Lipinski definition) is 3. The van der Waals surface area contributed by atoms with Gasteiger partial charge in [0.2, 0.25) is 10.0 Å². The lowest BCUT2D eigenvalue weighted by Gasteiger charge is -2.26. The zero-order valence-electron chi connectivity index (χ0n) is 16.5. The normalized spacial score (nSPS) is 16.5. The molecule has 6 heteroatoms. The number of benzene rings is 2. The number of piperidine rings is 1. The van der Waals surface area contributed by atoms with Gasteiger partial charge in [0, 0.05) is 18.7 Å². The van der Waals surface area contributed by atoms with Crippen LogP contribution in [-0.2, 0) is 10.0 Å². The van der Waals surface area contributed by atoms with E-state index in [1.54, 1.807) is 18.2 Å². The van der Waals surface area contributed by atoms with E-state index in [-0.39, 0.29) is 16.8 Å². The Labute approximate surface area is 167 Å². The molecule has 0 aromatic heterocycles. The largest absolute Gasteiger partial charge is 0.345 e. The first-order chi connectivity index (χ1) is 13.4. The average Bonchev–Trinajstić information content (AvgIpc) is 2.73. The SMILES string of the molecule is CC[C@@H](NC(=O)c1cccc(S(=O)(=O)N2CCCCC2)c1)c1ccc(C)cc1. The van der Waals surface area contributed by atoms with E-state index in [9.17, 15) is 13.2 Å². The van der Waals surface area contributed by atoms with E-state index in [0.29, 0.717) is 18.7 Å². The van der Waals surface area contributed by atoms with Gasteiger partial charge < -0.3 is 5.32 Å². The van der Waals surface area contributed by atoms with Crippen molar-refractivity contribution in [1.29, 1.82) is 0 Å². The van der Waals surface area contributed by atoms with Crippen LogP contribution in [0.15, 0.2) is 53.4 Å². The summed E-state index contributed by atoms with van der Waals surface area (Å²) in [5, 5.41) is 3.03. The third-order valence-corrected chi connectivity index (χ3v) is 7.14. The molecule has 1 fully saturated rings. The number of sulfonamides is 1. The maximum absolute atomic E-state index is 12.9. The molecule has 3 rings (SSSR count). The van der Waals surface area contributed by atoms with Crippen molar-refractivity contribution in [2.75, 3.05) is 13.1 Å². The van der Waals surface area contributed by atoms with Gasteiger partial charge in [-0.25, -0.2) is 8.42 Å². The molecule has 1 aliphatic rings. The number of aryl methyl sites for hydroxylation is 1. The molecule has 0 bridgehead atoms. The summed E-state index contributed by atoms with van der Waals surface area (Å²) >= 11 is 0. The maximum atomic E-state index is 12.9. The summed E-state index contributed by atoms with van der Waals surface area (Å²) in [6.45, 7) is 5.13. The second kappa shape index (κ2) is 8.88. The average molecular weight is 401 g/mol. The molecule has 0 saturated carbocycles. The van der Waals surface area contributed by atoms with Crippen molar-refractivity contribution in [2.45, 2.75) is 50.5 Å². The smallest absolute Gasteiger partial charge is 0.251 e. The predicted molar refractivity (Wildman–Crippen MR) is 111 cm³/mol. The van der Waals surface area contributed by atoms with Crippen LogP contribution in [0.4, 0.5) is 0 Å². The van der Waals surface area contributed by atoms with Gasteiger partial charge in [-0.3, -0.25) is 4.79 Å². The number of nitrogens with one attached hydrogen (secondary N) is 1. The molecule has 150 valence electrons. The summed E-state index contributed by atoms with van der Waals surface area (Å²) in [6, 6.07) is 14.3. The molecule has 2 aromatic carbocycles. The number of rotatable bonds is 6. The first-order valence-corrected chi connectivity index (χ1v) is 11.3. The van der Waals surface area contributed by atoms with Crippen molar-refractivity contribution >= 4 is 15.9 Å². The fourth-order valence-electron chi connectivity index (χ4n) is 3.51. The number of nitrogens with zero attached hydrogens (tertiary/aromatic N) is 1. The van der Waals surface area contributed by atoms with Crippen LogP contribution in [0.3, 0.4) is 0 Å². The molecule has 5 nitrogen and oxygen atoms in total. The highest BCUT2D eigenvalue weighted by Crippen LogP contribution is 2.22. The summed E-state index contributed by atoms with van der Waals surface area (Å²) in [7, 11) is -3.56. The van der Waals surface area contributed by atoms with E-state index in [2.05, 4.69) is 5.32 Å². The lowest BCUT2D eigenvalue weighted by atomic mass is 10.0. The van der Waals surface area contributed by atoms with Crippen LogP contribution in [0.25, 0.3) is 0 Å². The highest BCUT2D eigenvalue weighted by Gasteiger charge is 2.26. The van der Waals surface area contributed by atoms with Crippen molar-refractivity contribution in [3.05, 3.63) is 65.2 Å². The molecule has 0 aliphatic carbocycles. The van der Waals surface area contributed by atoms with Crippen LogP contribution < -0.4 is 5.32 Å². The predicted octanol–water partition coefficient (Wildman–Crippen LogP) is 4.05. The van der Waals surface area contributed by atoms with E-state index >= 15 is 0 Å². The quantitative estimate of drug-likeness (QED) is 0.795. The van der Waals surface area contributed by atoms with Crippen molar-refractivity contribution in [2.24, 2.45) is 0 Å². The molecule has 2 aromatic rings. The molecule has 0 radical (unpaired) electrons. The summed E-state index contributed by atoms with van der Waals surface area (Å²) < 4.78 is 27.3. The molecule has 1 amide bonds. The molecular weight excluding hydrogens is 372 g/mol. The number of carbonyl (C=O) groups excluding carboxylic acids is 1. The highest BCUT2D eigenvalue weighted by molar-refractivity contribution is 7.89. The van der Waals surface area contributed by atoms with Gasteiger partial charge >= 0.3 is 0 Å².